The zero-order chi connectivity index (χ0) is 16.0. The van der Waals surface area contributed by atoms with Crippen LogP contribution < -0.4 is 10.5 Å². The lowest BCUT2D eigenvalue weighted by Gasteiger charge is -2.12. The largest absolute Gasteiger partial charge is 0.492 e. The summed E-state index contributed by atoms with van der Waals surface area (Å²) in [6, 6.07) is 14.0. The number of aryl methyl sites for hydroxylation is 1. The first-order chi connectivity index (χ1) is 10.6. The van der Waals surface area contributed by atoms with Crippen LogP contribution in [0.15, 0.2) is 53.4 Å². The van der Waals surface area contributed by atoms with Gasteiger partial charge in [-0.05, 0) is 35.7 Å². The van der Waals surface area contributed by atoms with Crippen LogP contribution in [0.25, 0.3) is 0 Å². The Morgan fingerprint density at radius 2 is 1.82 bits per heavy atom. The van der Waals surface area contributed by atoms with Crippen molar-refractivity contribution >= 4 is 9.84 Å². The molecular formula is C17H21NO3S. The van der Waals surface area contributed by atoms with E-state index in [9.17, 15) is 8.42 Å². The fraction of sp³-hybridized carbons (Fsp3) is 0.294. The molecule has 0 saturated carbocycles. The van der Waals surface area contributed by atoms with Crippen LogP contribution >= 0.6 is 0 Å². The van der Waals surface area contributed by atoms with Crippen molar-refractivity contribution in [1.82, 2.24) is 0 Å². The Morgan fingerprint density at radius 3 is 2.45 bits per heavy atom. The standard InChI is InChI=1S/C17H21NO3S/c1-2-15-9-8-14(12-17(15)21-11-10-18)13-22(19,20)16-6-4-3-5-7-16/h3-9,12H,2,10-11,13,18H2,1H3. The molecule has 2 N–H and O–H groups in total. The van der Waals surface area contributed by atoms with E-state index in [1.54, 1.807) is 36.4 Å². The van der Waals surface area contributed by atoms with Crippen molar-refractivity contribution in [2.24, 2.45) is 5.73 Å². The fourth-order valence-corrected chi connectivity index (χ4v) is 3.57. The van der Waals surface area contributed by atoms with E-state index in [-0.39, 0.29) is 5.75 Å². The van der Waals surface area contributed by atoms with Gasteiger partial charge < -0.3 is 10.5 Å². The Kier molecular flexibility index (Phi) is 5.57. The lowest BCUT2D eigenvalue weighted by Crippen LogP contribution is -2.12. The van der Waals surface area contributed by atoms with Gasteiger partial charge in [-0.25, -0.2) is 8.42 Å². The topological polar surface area (TPSA) is 69.4 Å². The predicted molar refractivity (Wildman–Crippen MR) is 87.7 cm³/mol. The number of hydrogen-bond donors (Lipinski definition) is 1. The second-order valence-corrected chi connectivity index (χ2v) is 6.99. The molecule has 0 aliphatic carbocycles. The minimum atomic E-state index is -3.35. The van der Waals surface area contributed by atoms with Crippen molar-refractivity contribution in [3.8, 4) is 5.75 Å². The van der Waals surface area contributed by atoms with E-state index in [1.807, 2.05) is 19.1 Å². The minimum Gasteiger partial charge on any atom is -0.492 e. The van der Waals surface area contributed by atoms with Gasteiger partial charge in [-0.15, -0.1) is 0 Å². The average Bonchev–Trinajstić information content (AvgIpc) is 2.53. The zero-order valence-corrected chi connectivity index (χ0v) is 13.5. The molecule has 0 aromatic heterocycles. The average molecular weight is 319 g/mol. The van der Waals surface area contributed by atoms with Crippen molar-refractivity contribution < 1.29 is 13.2 Å². The van der Waals surface area contributed by atoms with Crippen molar-refractivity contribution in [1.29, 1.82) is 0 Å². The number of sulfone groups is 1. The van der Waals surface area contributed by atoms with Crippen LogP contribution in [0.4, 0.5) is 0 Å². The van der Waals surface area contributed by atoms with Crippen molar-refractivity contribution in [2.75, 3.05) is 13.2 Å². The van der Waals surface area contributed by atoms with Crippen LogP contribution in [0.5, 0.6) is 5.75 Å². The van der Waals surface area contributed by atoms with Crippen LogP contribution in [0.3, 0.4) is 0 Å². The van der Waals surface area contributed by atoms with Crippen LogP contribution in [0.1, 0.15) is 18.1 Å². The molecule has 0 unspecified atom stereocenters. The molecule has 0 aliphatic heterocycles. The van der Waals surface area contributed by atoms with E-state index in [0.29, 0.717) is 29.4 Å². The molecule has 4 nitrogen and oxygen atoms in total. The molecule has 0 fully saturated rings. The second kappa shape index (κ2) is 7.42. The van der Waals surface area contributed by atoms with Crippen LogP contribution in [0, 0.1) is 0 Å². The molecule has 0 saturated heterocycles. The third-order valence-electron chi connectivity index (χ3n) is 3.35. The van der Waals surface area contributed by atoms with E-state index >= 15 is 0 Å². The molecule has 2 rings (SSSR count). The van der Waals surface area contributed by atoms with Gasteiger partial charge in [0.15, 0.2) is 9.84 Å². The maximum Gasteiger partial charge on any atom is 0.182 e. The third-order valence-corrected chi connectivity index (χ3v) is 5.05. The van der Waals surface area contributed by atoms with Gasteiger partial charge in [0.2, 0.25) is 0 Å². The van der Waals surface area contributed by atoms with Gasteiger partial charge in [0.05, 0.1) is 10.6 Å². The molecule has 2 aromatic rings. The first-order valence-electron chi connectivity index (χ1n) is 7.29. The predicted octanol–water partition coefficient (Wildman–Crippen LogP) is 2.56. The van der Waals surface area contributed by atoms with Gasteiger partial charge in [0.25, 0.3) is 0 Å². The fourth-order valence-electron chi connectivity index (χ4n) is 2.21. The number of ether oxygens (including phenoxy) is 1. The summed E-state index contributed by atoms with van der Waals surface area (Å²) in [5, 5.41) is 0. The highest BCUT2D eigenvalue weighted by molar-refractivity contribution is 7.90. The smallest absolute Gasteiger partial charge is 0.182 e. The van der Waals surface area contributed by atoms with Crippen molar-refractivity contribution in [2.45, 2.75) is 24.0 Å². The third kappa shape index (κ3) is 4.08. The lowest BCUT2D eigenvalue weighted by molar-refractivity contribution is 0.325. The van der Waals surface area contributed by atoms with E-state index < -0.39 is 9.84 Å². The Labute approximate surface area is 131 Å². The molecule has 0 spiro atoms. The van der Waals surface area contributed by atoms with Crippen molar-refractivity contribution in [3.63, 3.8) is 0 Å². The summed E-state index contributed by atoms with van der Waals surface area (Å²) in [4.78, 5) is 0.332. The van der Waals surface area contributed by atoms with Gasteiger partial charge in [0, 0.05) is 6.54 Å². The highest BCUT2D eigenvalue weighted by Crippen LogP contribution is 2.24. The summed E-state index contributed by atoms with van der Waals surface area (Å²) in [7, 11) is -3.35. The number of hydrogen-bond acceptors (Lipinski definition) is 4. The number of rotatable bonds is 7. The first kappa shape index (κ1) is 16.5. The molecule has 118 valence electrons. The molecule has 2 aromatic carbocycles. The quantitative estimate of drug-likeness (QED) is 0.851. The maximum atomic E-state index is 12.4. The molecule has 0 bridgehead atoms. The molecule has 0 amide bonds. The van der Waals surface area contributed by atoms with E-state index in [0.717, 1.165) is 12.0 Å². The van der Waals surface area contributed by atoms with E-state index in [1.165, 1.54) is 0 Å². The van der Waals surface area contributed by atoms with Gasteiger partial charge in [-0.3, -0.25) is 0 Å². The minimum absolute atomic E-state index is 0.0417. The zero-order valence-electron chi connectivity index (χ0n) is 12.7. The molecule has 0 heterocycles. The van der Waals surface area contributed by atoms with Gasteiger partial charge in [-0.1, -0.05) is 37.3 Å². The normalized spacial score (nSPS) is 11.4. The monoisotopic (exact) mass is 319 g/mol. The van der Waals surface area contributed by atoms with E-state index in [4.69, 9.17) is 10.5 Å². The molecule has 0 atom stereocenters. The first-order valence-corrected chi connectivity index (χ1v) is 8.94. The molecular weight excluding hydrogens is 298 g/mol. The van der Waals surface area contributed by atoms with E-state index in [2.05, 4.69) is 0 Å². The number of benzene rings is 2. The summed E-state index contributed by atoms with van der Waals surface area (Å²) >= 11 is 0. The van der Waals surface area contributed by atoms with Crippen LogP contribution in [0.2, 0.25) is 0 Å². The van der Waals surface area contributed by atoms with Crippen LogP contribution in [-0.4, -0.2) is 21.6 Å². The van der Waals surface area contributed by atoms with Crippen LogP contribution in [-0.2, 0) is 22.0 Å². The maximum absolute atomic E-state index is 12.4. The van der Waals surface area contributed by atoms with Gasteiger partial charge in [-0.2, -0.15) is 0 Å². The summed E-state index contributed by atoms with van der Waals surface area (Å²) in [6.07, 6.45) is 0.825. The molecule has 0 aliphatic rings. The van der Waals surface area contributed by atoms with Gasteiger partial charge >= 0.3 is 0 Å². The Hall–Kier alpha value is -1.85. The summed E-state index contributed by atoms with van der Waals surface area (Å²) < 4.78 is 30.5. The summed E-state index contributed by atoms with van der Waals surface area (Å²) in [5.41, 5.74) is 7.23. The Balaban J connectivity index is 2.26. The second-order valence-electron chi connectivity index (χ2n) is 5.00. The lowest BCUT2D eigenvalue weighted by atomic mass is 10.1. The summed E-state index contributed by atoms with van der Waals surface area (Å²) in [5.74, 6) is 0.675. The molecule has 22 heavy (non-hydrogen) atoms. The van der Waals surface area contributed by atoms with Gasteiger partial charge in [0.1, 0.15) is 12.4 Å². The highest BCUT2D eigenvalue weighted by Gasteiger charge is 2.16. The van der Waals surface area contributed by atoms with Crippen molar-refractivity contribution in [3.05, 3.63) is 59.7 Å². The number of nitrogens with two attached hydrogens (primary N) is 1. The molecule has 0 radical (unpaired) electrons. The Bertz CT molecular complexity index is 712. The SMILES string of the molecule is CCc1ccc(CS(=O)(=O)c2ccccc2)cc1OCCN. The highest BCUT2D eigenvalue weighted by atomic mass is 32.2. The Morgan fingerprint density at radius 1 is 1.09 bits per heavy atom. The molecule has 5 heteroatoms. The summed E-state index contributed by atoms with van der Waals surface area (Å²) in [6.45, 7) is 2.88.